The molecule has 1 aromatic carbocycles. The zero-order valence-corrected chi connectivity index (χ0v) is 10.3. The Kier molecular flexibility index (Phi) is 3.51. The van der Waals surface area contributed by atoms with E-state index in [2.05, 4.69) is 46.7 Å². The Labute approximate surface area is 99.5 Å². The van der Waals surface area contributed by atoms with Gasteiger partial charge in [-0.2, -0.15) is 0 Å². The molecule has 0 bridgehead atoms. The molecule has 0 fully saturated rings. The van der Waals surface area contributed by atoms with Gasteiger partial charge in [-0.05, 0) is 12.0 Å². The highest BCUT2D eigenvalue weighted by Gasteiger charge is 2.04. The van der Waals surface area contributed by atoms with Gasteiger partial charge in [0.15, 0.2) is 0 Å². The predicted molar refractivity (Wildman–Crippen MR) is 68.9 cm³/mol. The van der Waals surface area contributed by atoms with E-state index in [1.54, 1.807) is 11.3 Å². The van der Waals surface area contributed by atoms with Crippen molar-refractivity contribution >= 4 is 16.5 Å². The van der Waals surface area contributed by atoms with Gasteiger partial charge < -0.3 is 5.32 Å². The SMILES string of the molecule is CCCc1ccc(-c2nnc(NC)s2)cc1. The molecule has 0 radical (unpaired) electrons. The maximum Gasteiger partial charge on any atom is 0.205 e. The second-order valence-corrected chi connectivity index (χ2v) is 4.59. The molecule has 4 heteroatoms. The fourth-order valence-electron chi connectivity index (χ4n) is 1.54. The number of aromatic nitrogens is 2. The van der Waals surface area contributed by atoms with E-state index in [-0.39, 0.29) is 0 Å². The summed E-state index contributed by atoms with van der Waals surface area (Å²) in [7, 11) is 1.86. The standard InChI is InChI=1S/C12H15N3S/c1-3-4-9-5-7-10(8-6-9)11-14-15-12(13-2)16-11/h5-8H,3-4H2,1-2H3,(H,13,15). The van der Waals surface area contributed by atoms with Gasteiger partial charge in [0, 0.05) is 12.6 Å². The van der Waals surface area contributed by atoms with E-state index in [1.165, 1.54) is 12.0 Å². The fraction of sp³-hybridized carbons (Fsp3) is 0.333. The van der Waals surface area contributed by atoms with Crippen LogP contribution in [0.3, 0.4) is 0 Å². The van der Waals surface area contributed by atoms with E-state index in [4.69, 9.17) is 0 Å². The lowest BCUT2D eigenvalue weighted by Crippen LogP contribution is -1.84. The molecule has 84 valence electrons. The molecule has 1 N–H and O–H groups in total. The summed E-state index contributed by atoms with van der Waals surface area (Å²) >= 11 is 1.57. The molecule has 1 heterocycles. The molecule has 0 spiro atoms. The molecule has 2 aromatic rings. The first-order valence-corrected chi connectivity index (χ1v) is 6.25. The maximum absolute atomic E-state index is 4.14. The number of benzene rings is 1. The summed E-state index contributed by atoms with van der Waals surface area (Å²) in [5, 5.41) is 13.0. The van der Waals surface area contributed by atoms with Gasteiger partial charge in [0.1, 0.15) is 5.01 Å². The van der Waals surface area contributed by atoms with Crippen LogP contribution in [0.2, 0.25) is 0 Å². The quantitative estimate of drug-likeness (QED) is 0.881. The number of rotatable bonds is 4. The first kappa shape index (κ1) is 11.1. The van der Waals surface area contributed by atoms with Crippen LogP contribution in [0.1, 0.15) is 18.9 Å². The minimum atomic E-state index is 0.854. The van der Waals surface area contributed by atoms with Gasteiger partial charge in [-0.3, -0.25) is 0 Å². The monoisotopic (exact) mass is 233 g/mol. The normalized spacial score (nSPS) is 10.4. The smallest absolute Gasteiger partial charge is 0.205 e. The van der Waals surface area contributed by atoms with Crippen LogP contribution in [0.15, 0.2) is 24.3 Å². The van der Waals surface area contributed by atoms with Crippen molar-refractivity contribution in [3.05, 3.63) is 29.8 Å². The number of hydrogen-bond donors (Lipinski definition) is 1. The van der Waals surface area contributed by atoms with Crippen molar-refractivity contribution in [3.63, 3.8) is 0 Å². The molecule has 0 atom stereocenters. The van der Waals surface area contributed by atoms with Crippen molar-refractivity contribution in [2.45, 2.75) is 19.8 Å². The van der Waals surface area contributed by atoms with Gasteiger partial charge >= 0.3 is 0 Å². The average molecular weight is 233 g/mol. The highest BCUT2D eigenvalue weighted by atomic mass is 32.1. The maximum atomic E-state index is 4.14. The van der Waals surface area contributed by atoms with Crippen LogP contribution in [-0.2, 0) is 6.42 Å². The molecule has 2 rings (SSSR count). The highest BCUT2D eigenvalue weighted by Crippen LogP contribution is 2.26. The van der Waals surface area contributed by atoms with E-state index in [1.807, 2.05) is 7.05 Å². The summed E-state index contributed by atoms with van der Waals surface area (Å²) in [5.74, 6) is 0. The van der Waals surface area contributed by atoms with Crippen LogP contribution in [0.4, 0.5) is 5.13 Å². The molecular formula is C12H15N3S. The van der Waals surface area contributed by atoms with E-state index >= 15 is 0 Å². The molecular weight excluding hydrogens is 218 g/mol. The predicted octanol–water partition coefficient (Wildman–Crippen LogP) is 3.20. The Morgan fingerprint density at radius 2 is 1.94 bits per heavy atom. The van der Waals surface area contributed by atoms with Crippen LogP contribution >= 0.6 is 11.3 Å². The number of aryl methyl sites for hydroxylation is 1. The molecule has 3 nitrogen and oxygen atoms in total. The molecule has 16 heavy (non-hydrogen) atoms. The van der Waals surface area contributed by atoms with E-state index in [0.717, 1.165) is 22.1 Å². The van der Waals surface area contributed by atoms with Crippen molar-refractivity contribution in [2.24, 2.45) is 0 Å². The molecule has 0 saturated heterocycles. The first-order valence-electron chi connectivity index (χ1n) is 5.44. The molecule has 0 aliphatic rings. The number of anilines is 1. The summed E-state index contributed by atoms with van der Waals surface area (Å²) in [5.41, 5.74) is 2.52. The molecule has 0 unspecified atom stereocenters. The largest absolute Gasteiger partial charge is 0.363 e. The van der Waals surface area contributed by atoms with Gasteiger partial charge in [-0.1, -0.05) is 48.9 Å². The molecule has 0 saturated carbocycles. The van der Waals surface area contributed by atoms with Crippen LogP contribution < -0.4 is 5.32 Å². The fourth-order valence-corrected chi connectivity index (χ4v) is 2.25. The third kappa shape index (κ3) is 2.39. The number of nitrogens with one attached hydrogen (secondary N) is 1. The van der Waals surface area contributed by atoms with Crippen LogP contribution in [-0.4, -0.2) is 17.2 Å². The summed E-state index contributed by atoms with van der Waals surface area (Å²) in [6.45, 7) is 2.19. The lowest BCUT2D eigenvalue weighted by Gasteiger charge is -1.99. The lowest BCUT2D eigenvalue weighted by molar-refractivity contribution is 0.922. The van der Waals surface area contributed by atoms with E-state index in [0.29, 0.717) is 0 Å². The second kappa shape index (κ2) is 5.07. The zero-order chi connectivity index (χ0) is 11.4. The zero-order valence-electron chi connectivity index (χ0n) is 9.53. The molecule has 0 aliphatic heterocycles. The van der Waals surface area contributed by atoms with Crippen LogP contribution in [0.5, 0.6) is 0 Å². The second-order valence-electron chi connectivity index (χ2n) is 3.61. The summed E-state index contributed by atoms with van der Waals surface area (Å²) in [6, 6.07) is 8.56. The first-order chi connectivity index (χ1) is 7.83. The summed E-state index contributed by atoms with van der Waals surface area (Å²) < 4.78 is 0. The van der Waals surface area contributed by atoms with E-state index in [9.17, 15) is 0 Å². The highest BCUT2D eigenvalue weighted by molar-refractivity contribution is 7.18. The average Bonchev–Trinajstić information content (AvgIpc) is 2.79. The molecule has 1 aromatic heterocycles. The number of nitrogens with zero attached hydrogens (tertiary/aromatic N) is 2. The lowest BCUT2D eigenvalue weighted by atomic mass is 10.1. The van der Waals surface area contributed by atoms with Crippen molar-refractivity contribution < 1.29 is 0 Å². The molecule has 0 amide bonds. The van der Waals surface area contributed by atoms with Gasteiger partial charge in [-0.25, -0.2) is 0 Å². The Hall–Kier alpha value is -1.42. The van der Waals surface area contributed by atoms with Crippen molar-refractivity contribution in [3.8, 4) is 10.6 Å². The summed E-state index contributed by atoms with van der Waals surface area (Å²) in [6.07, 6.45) is 2.32. The third-order valence-electron chi connectivity index (χ3n) is 2.38. The van der Waals surface area contributed by atoms with Crippen LogP contribution in [0, 0.1) is 0 Å². The Bertz CT molecular complexity index is 448. The van der Waals surface area contributed by atoms with Crippen molar-refractivity contribution in [2.75, 3.05) is 12.4 Å². The minimum Gasteiger partial charge on any atom is -0.363 e. The topological polar surface area (TPSA) is 37.8 Å². The third-order valence-corrected chi connectivity index (χ3v) is 3.37. The van der Waals surface area contributed by atoms with Gasteiger partial charge in [-0.15, -0.1) is 10.2 Å². The Balaban J connectivity index is 2.20. The number of hydrogen-bond acceptors (Lipinski definition) is 4. The Morgan fingerprint density at radius 3 is 2.50 bits per heavy atom. The van der Waals surface area contributed by atoms with E-state index < -0.39 is 0 Å². The molecule has 0 aliphatic carbocycles. The van der Waals surface area contributed by atoms with Gasteiger partial charge in [0.05, 0.1) is 0 Å². The Morgan fingerprint density at radius 1 is 1.19 bits per heavy atom. The van der Waals surface area contributed by atoms with Crippen molar-refractivity contribution in [1.82, 2.24) is 10.2 Å². The van der Waals surface area contributed by atoms with Gasteiger partial charge in [0.25, 0.3) is 0 Å². The summed E-state index contributed by atoms with van der Waals surface area (Å²) in [4.78, 5) is 0. The van der Waals surface area contributed by atoms with Crippen molar-refractivity contribution in [1.29, 1.82) is 0 Å². The minimum absolute atomic E-state index is 0.854. The van der Waals surface area contributed by atoms with Crippen LogP contribution in [0.25, 0.3) is 10.6 Å². The van der Waals surface area contributed by atoms with Gasteiger partial charge in [0.2, 0.25) is 5.13 Å².